The van der Waals surface area contributed by atoms with E-state index in [-0.39, 0.29) is 0 Å². The zero-order valence-corrected chi connectivity index (χ0v) is 9.71. The minimum Gasteiger partial charge on any atom is -0.474 e. The van der Waals surface area contributed by atoms with Crippen molar-refractivity contribution in [1.82, 2.24) is 0 Å². The van der Waals surface area contributed by atoms with Crippen LogP contribution < -0.4 is 0 Å². The Morgan fingerprint density at radius 1 is 1.23 bits per heavy atom. The van der Waals surface area contributed by atoms with Gasteiger partial charge in [-0.2, -0.15) is 0 Å². The second-order valence-electron chi connectivity index (χ2n) is 3.53. The molecule has 13 heavy (non-hydrogen) atoms. The average Bonchev–Trinajstić information content (AvgIpc) is 2.06. The lowest BCUT2D eigenvalue weighted by atomic mass is 10.4. The highest BCUT2D eigenvalue weighted by atomic mass is 28.4. The molecule has 1 heterocycles. The number of hydrogen-bond donors (Lipinski definition) is 0. The van der Waals surface area contributed by atoms with Crippen molar-refractivity contribution < 1.29 is 9.16 Å². The molecule has 3 heteroatoms. The zero-order chi connectivity index (χ0) is 10.2. The first-order valence-corrected chi connectivity index (χ1v) is 7.75. The molecule has 0 aromatic rings. The normalized spacial score (nSPS) is 19.2. The van der Waals surface area contributed by atoms with E-state index in [0.717, 1.165) is 6.61 Å². The summed E-state index contributed by atoms with van der Waals surface area (Å²) < 4.78 is 9.97. The van der Waals surface area contributed by atoms with E-state index in [0.29, 0.717) is 0 Å². The molecule has 0 N–H and O–H groups in total. The van der Waals surface area contributed by atoms with Crippen molar-refractivity contribution in [3.05, 3.63) is 25.7 Å². The van der Waals surface area contributed by atoms with Gasteiger partial charge in [-0.25, -0.2) is 0 Å². The van der Waals surface area contributed by atoms with E-state index < -0.39 is 8.32 Å². The lowest BCUT2D eigenvalue weighted by Crippen LogP contribution is -2.33. The molecule has 0 amide bonds. The van der Waals surface area contributed by atoms with Crippen LogP contribution in [-0.4, -0.2) is 14.9 Å². The maximum Gasteiger partial charge on any atom is 0.186 e. The summed E-state index contributed by atoms with van der Waals surface area (Å²) in [6, 6.07) is 1.37. The van der Waals surface area contributed by atoms with E-state index in [4.69, 9.17) is 4.43 Å². The van der Waals surface area contributed by atoms with Crippen molar-refractivity contribution in [3.8, 4) is 0 Å². The summed E-state index contributed by atoms with van der Waals surface area (Å²) >= 11 is 0. The van der Waals surface area contributed by atoms with Crippen molar-refractivity contribution >= 4 is 8.32 Å². The number of hydrogen-bond acceptors (Lipinski definition) is 2. The van der Waals surface area contributed by atoms with Crippen LogP contribution >= 0.6 is 0 Å². The smallest absolute Gasteiger partial charge is 0.186 e. The van der Waals surface area contributed by atoms with Gasteiger partial charge < -0.3 is 9.16 Å². The van der Waals surface area contributed by atoms with Gasteiger partial charge >= 0.3 is 0 Å². The first-order valence-electron chi connectivity index (χ1n) is 4.63. The third-order valence-electron chi connectivity index (χ3n) is 1.86. The van der Waals surface area contributed by atoms with Crippen LogP contribution in [0.2, 0.25) is 19.1 Å². The summed E-state index contributed by atoms with van der Waals surface area (Å²) in [4.78, 5) is 0. The molecule has 0 aliphatic carbocycles. The van der Waals surface area contributed by atoms with Crippen LogP contribution in [0.4, 0.5) is 0 Å². The van der Waals surface area contributed by atoms with Crippen LogP contribution in [0.5, 0.6) is 0 Å². The molecule has 76 valence electrons. The number of rotatable bonds is 2. The first kappa shape index (κ1) is 12.5. The summed E-state index contributed by atoms with van der Waals surface area (Å²) in [5.41, 5.74) is 0. The van der Waals surface area contributed by atoms with Crippen molar-refractivity contribution in [2.75, 3.05) is 6.61 Å². The van der Waals surface area contributed by atoms with Gasteiger partial charge in [-0.1, -0.05) is 19.6 Å². The first-order chi connectivity index (χ1) is 6.12. The lowest BCUT2D eigenvalue weighted by Gasteiger charge is -2.27. The topological polar surface area (TPSA) is 18.5 Å². The second kappa shape index (κ2) is 6.92. The van der Waals surface area contributed by atoms with Crippen molar-refractivity contribution in [2.45, 2.75) is 32.0 Å². The Morgan fingerprint density at radius 3 is 2.00 bits per heavy atom. The van der Waals surface area contributed by atoms with E-state index >= 15 is 0 Å². The Balaban J connectivity index is 0.000000252. The fourth-order valence-corrected chi connectivity index (χ4v) is 3.08. The molecule has 1 fully saturated rings. The fraction of sp³-hybridized carbons (Fsp3) is 0.600. The standard InChI is InChI=1S/C6H14OSi.C4H6O/c1-8(2)6-4-3-5-7-8;1-3-5-4-2/h3-6H2,1-2H3;3-4H,1-2H2. The summed E-state index contributed by atoms with van der Waals surface area (Å²) in [5.74, 6) is 0. The van der Waals surface area contributed by atoms with Crippen LogP contribution in [0.15, 0.2) is 25.7 Å². The Hall–Kier alpha value is -0.543. The highest BCUT2D eigenvalue weighted by Crippen LogP contribution is 2.20. The van der Waals surface area contributed by atoms with Crippen LogP contribution in [0.25, 0.3) is 0 Å². The molecule has 0 bridgehead atoms. The van der Waals surface area contributed by atoms with E-state index in [1.54, 1.807) is 0 Å². The van der Waals surface area contributed by atoms with Gasteiger partial charge in [0, 0.05) is 6.61 Å². The Kier molecular flexibility index (Phi) is 6.63. The summed E-state index contributed by atoms with van der Waals surface area (Å²) in [5, 5.41) is 0. The molecular weight excluding hydrogens is 180 g/mol. The molecule has 0 spiro atoms. The molecule has 1 aliphatic heterocycles. The molecule has 0 atom stereocenters. The molecule has 1 saturated heterocycles. The predicted molar refractivity (Wildman–Crippen MR) is 59.0 cm³/mol. The molecule has 1 aliphatic rings. The van der Waals surface area contributed by atoms with Crippen molar-refractivity contribution in [2.24, 2.45) is 0 Å². The van der Waals surface area contributed by atoms with Gasteiger partial charge in [0.1, 0.15) is 0 Å². The predicted octanol–water partition coefficient (Wildman–Crippen LogP) is 3.29. The highest BCUT2D eigenvalue weighted by molar-refractivity contribution is 6.71. The maximum atomic E-state index is 5.60. The Morgan fingerprint density at radius 2 is 1.85 bits per heavy atom. The summed E-state index contributed by atoms with van der Waals surface area (Å²) in [6.45, 7) is 12.1. The Bertz CT molecular complexity index is 141. The highest BCUT2D eigenvalue weighted by Gasteiger charge is 2.24. The quantitative estimate of drug-likeness (QED) is 0.503. The molecule has 1 rings (SSSR count). The fourth-order valence-electron chi connectivity index (χ4n) is 1.14. The van der Waals surface area contributed by atoms with Gasteiger partial charge in [0.25, 0.3) is 0 Å². The molecule has 0 saturated carbocycles. The Labute approximate surface area is 82.4 Å². The van der Waals surface area contributed by atoms with Crippen LogP contribution in [-0.2, 0) is 9.16 Å². The van der Waals surface area contributed by atoms with E-state index in [1.807, 2.05) is 0 Å². The van der Waals surface area contributed by atoms with Gasteiger partial charge in [0.05, 0.1) is 12.5 Å². The largest absolute Gasteiger partial charge is 0.474 e. The average molecular weight is 200 g/mol. The SMILES string of the molecule is C=COC=C.C[Si]1(C)CCCCO1. The number of ether oxygens (including phenoxy) is 1. The van der Waals surface area contributed by atoms with E-state index in [2.05, 4.69) is 31.0 Å². The molecular formula is C10H20O2Si. The van der Waals surface area contributed by atoms with Gasteiger partial charge in [0.2, 0.25) is 0 Å². The van der Waals surface area contributed by atoms with Crippen LogP contribution in [0, 0.1) is 0 Å². The molecule has 0 aromatic carbocycles. The second-order valence-corrected chi connectivity index (χ2v) is 7.84. The van der Waals surface area contributed by atoms with Crippen molar-refractivity contribution in [3.63, 3.8) is 0 Å². The molecule has 0 radical (unpaired) electrons. The molecule has 0 aromatic heterocycles. The zero-order valence-electron chi connectivity index (χ0n) is 8.71. The van der Waals surface area contributed by atoms with Gasteiger partial charge in [-0.15, -0.1) is 0 Å². The van der Waals surface area contributed by atoms with E-state index in [1.165, 1.54) is 31.4 Å². The van der Waals surface area contributed by atoms with Crippen LogP contribution in [0.1, 0.15) is 12.8 Å². The van der Waals surface area contributed by atoms with Gasteiger partial charge in [0.15, 0.2) is 8.32 Å². The third-order valence-corrected chi connectivity index (χ3v) is 4.40. The molecule has 2 nitrogen and oxygen atoms in total. The summed E-state index contributed by atoms with van der Waals surface area (Å²) in [6.07, 6.45) is 5.32. The maximum absolute atomic E-state index is 5.60. The van der Waals surface area contributed by atoms with Crippen LogP contribution in [0.3, 0.4) is 0 Å². The van der Waals surface area contributed by atoms with Gasteiger partial charge in [-0.05, 0) is 25.6 Å². The monoisotopic (exact) mass is 200 g/mol. The van der Waals surface area contributed by atoms with Gasteiger partial charge in [-0.3, -0.25) is 0 Å². The minimum absolute atomic E-state index is 1.03. The minimum atomic E-state index is -1.09. The third kappa shape index (κ3) is 7.81. The summed E-state index contributed by atoms with van der Waals surface area (Å²) in [7, 11) is -1.09. The lowest BCUT2D eigenvalue weighted by molar-refractivity contribution is 0.275. The van der Waals surface area contributed by atoms with Crippen molar-refractivity contribution in [1.29, 1.82) is 0 Å². The molecule has 0 unspecified atom stereocenters. The van der Waals surface area contributed by atoms with E-state index in [9.17, 15) is 0 Å².